The van der Waals surface area contributed by atoms with E-state index in [0.717, 1.165) is 5.69 Å². The normalized spacial score (nSPS) is 9.94. The molecular formula is C14H13NOS. The summed E-state index contributed by atoms with van der Waals surface area (Å²) < 4.78 is 0. The van der Waals surface area contributed by atoms with Gasteiger partial charge in [0, 0.05) is 16.1 Å². The fraction of sp³-hybridized carbons (Fsp3) is 0.0714. The van der Waals surface area contributed by atoms with Crippen molar-refractivity contribution >= 4 is 23.4 Å². The molecule has 0 saturated carbocycles. The first-order valence-electron chi connectivity index (χ1n) is 5.30. The molecule has 0 bridgehead atoms. The van der Waals surface area contributed by atoms with E-state index in [2.05, 4.69) is 5.32 Å². The van der Waals surface area contributed by atoms with E-state index < -0.39 is 0 Å². The molecule has 1 N–H and O–H groups in total. The largest absolute Gasteiger partial charge is 0.322 e. The van der Waals surface area contributed by atoms with Crippen molar-refractivity contribution < 1.29 is 4.79 Å². The molecule has 0 fully saturated rings. The summed E-state index contributed by atoms with van der Waals surface area (Å²) in [5.41, 5.74) is 1.48. The number of benzene rings is 2. The van der Waals surface area contributed by atoms with E-state index in [1.165, 1.54) is 4.90 Å². The smallest absolute Gasteiger partial charge is 0.255 e. The van der Waals surface area contributed by atoms with Crippen molar-refractivity contribution in [3.8, 4) is 0 Å². The Morgan fingerprint density at radius 3 is 2.24 bits per heavy atom. The lowest BCUT2D eigenvalue weighted by atomic mass is 10.2. The molecule has 0 saturated heterocycles. The number of rotatable bonds is 3. The highest BCUT2D eigenvalue weighted by molar-refractivity contribution is 7.98. The Kier molecular flexibility index (Phi) is 3.83. The summed E-state index contributed by atoms with van der Waals surface area (Å²) >= 11 is 1.68. The van der Waals surface area contributed by atoms with Crippen molar-refractivity contribution in [3.63, 3.8) is 0 Å². The number of amides is 1. The molecule has 0 atom stereocenters. The predicted octanol–water partition coefficient (Wildman–Crippen LogP) is 3.66. The van der Waals surface area contributed by atoms with Crippen molar-refractivity contribution in [3.05, 3.63) is 60.2 Å². The Morgan fingerprint density at radius 2 is 1.65 bits per heavy atom. The van der Waals surface area contributed by atoms with E-state index in [9.17, 15) is 4.79 Å². The maximum absolute atomic E-state index is 11.9. The number of anilines is 1. The molecule has 0 aliphatic rings. The lowest BCUT2D eigenvalue weighted by molar-refractivity contribution is 0.102. The molecule has 0 radical (unpaired) electrons. The average Bonchev–Trinajstić information content (AvgIpc) is 2.40. The third kappa shape index (κ3) is 3.11. The number of thioether (sulfide) groups is 1. The molecule has 2 nitrogen and oxygen atoms in total. The van der Waals surface area contributed by atoms with Gasteiger partial charge in [0.25, 0.3) is 5.91 Å². The summed E-state index contributed by atoms with van der Waals surface area (Å²) in [6.07, 6.45) is 2.03. The Morgan fingerprint density at radius 1 is 1.00 bits per heavy atom. The van der Waals surface area contributed by atoms with E-state index in [4.69, 9.17) is 0 Å². The quantitative estimate of drug-likeness (QED) is 0.833. The van der Waals surface area contributed by atoms with Gasteiger partial charge in [0.1, 0.15) is 0 Å². The van der Waals surface area contributed by atoms with Gasteiger partial charge in [-0.25, -0.2) is 0 Å². The Labute approximate surface area is 105 Å². The minimum absolute atomic E-state index is 0.0810. The van der Waals surface area contributed by atoms with Crippen molar-refractivity contribution in [1.29, 1.82) is 0 Å². The summed E-state index contributed by atoms with van der Waals surface area (Å²) in [6.45, 7) is 0. The number of carbonyl (C=O) groups excluding carboxylic acids is 1. The van der Waals surface area contributed by atoms with Gasteiger partial charge in [-0.3, -0.25) is 4.79 Å². The van der Waals surface area contributed by atoms with Crippen LogP contribution in [-0.2, 0) is 0 Å². The molecule has 0 spiro atoms. The molecule has 0 aromatic heterocycles. The number of carbonyl (C=O) groups is 1. The monoisotopic (exact) mass is 243 g/mol. The van der Waals surface area contributed by atoms with Crippen molar-refractivity contribution in [2.75, 3.05) is 11.6 Å². The average molecular weight is 243 g/mol. The molecule has 86 valence electrons. The van der Waals surface area contributed by atoms with Gasteiger partial charge in [0.15, 0.2) is 0 Å². The Hall–Kier alpha value is -1.74. The second-order valence-electron chi connectivity index (χ2n) is 3.55. The highest BCUT2D eigenvalue weighted by Gasteiger charge is 2.04. The molecular weight excluding hydrogens is 230 g/mol. The molecule has 0 aliphatic heterocycles. The van der Waals surface area contributed by atoms with E-state index >= 15 is 0 Å². The number of hydrogen-bond donors (Lipinski definition) is 1. The van der Waals surface area contributed by atoms with Crippen molar-refractivity contribution in [1.82, 2.24) is 0 Å². The fourth-order valence-electron chi connectivity index (χ4n) is 1.47. The third-order valence-corrected chi connectivity index (χ3v) is 3.13. The molecule has 3 heteroatoms. The SMILES string of the molecule is CSc1ccc(NC(=O)c2ccccc2)cc1. The maximum Gasteiger partial charge on any atom is 0.255 e. The summed E-state index contributed by atoms with van der Waals surface area (Å²) in [5, 5.41) is 2.86. The van der Waals surface area contributed by atoms with Crippen LogP contribution in [0.15, 0.2) is 59.5 Å². The molecule has 2 rings (SSSR count). The van der Waals surface area contributed by atoms with Gasteiger partial charge < -0.3 is 5.32 Å². The first-order chi connectivity index (χ1) is 8.29. The molecule has 2 aromatic rings. The van der Waals surface area contributed by atoms with Crippen LogP contribution in [0.2, 0.25) is 0 Å². The van der Waals surface area contributed by atoms with Crippen LogP contribution in [0.5, 0.6) is 0 Å². The van der Waals surface area contributed by atoms with Crippen LogP contribution in [0.25, 0.3) is 0 Å². The first-order valence-corrected chi connectivity index (χ1v) is 6.52. The zero-order valence-electron chi connectivity index (χ0n) is 9.51. The van der Waals surface area contributed by atoms with Crippen LogP contribution in [-0.4, -0.2) is 12.2 Å². The molecule has 2 aromatic carbocycles. The molecule has 1 amide bonds. The highest BCUT2D eigenvalue weighted by Crippen LogP contribution is 2.17. The molecule has 0 aliphatic carbocycles. The second kappa shape index (κ2) is 5.55. The molecule has 0 unspecified atom stereocenters. The van der Waals surface area contributed by atoms with E-state index in [0.29, 0.717) is 5.56 Å². The minimum Gasteiger partial charge on any atom is -0.322 e. The van der Waals surface area contributed by atoms with Gasteiger partial charge in [-0.1, -0.05) is 18.2 Å². The van der Waals surface area contributed by atoms with Crippen LogP contribution in [0.1, 0.15) is 10.4 Å². The fourth-order valence-corrected chi connectivity index (χ4v) is 1.88. The lowest BCUT2D eigenvalue weighted by Crippen LogP contribution is -2.11. The van der Waals surface area contributed by atoms with Gasteiger partial charge in [0.2, 0.25) is 0 Å². The third-order valence-electron chi connectivity index (χ3n) is 2.38. The second-order valence-corrected chi connectivity index (χ2v) is 4.43. The number of hydrogen-bond acceptors (Lipinski definition) is 2. The van der Waals surface area contributed by atoms with Gasteiger partial charge >= 0.3 is 0 Å². The lowest BCUT2D eigenvalue weighted by Gasteiger charge is -2.05. The zero-order valence-corrected chi connectivity index (χ0v) is 10.3. The maximum atomic E-state index is 11.9. The van der Waals surface area contributed by atoms with E-state index in [-0.39, 0.29) is 5.91 Å². The van der Waals surface area contributed by atoms with Crippen LogP contribution in [0, 0.1) is 0 Å². The Bertz CT molecular complexity index is 493. The van der Waals surface area contributed by atoms with Gasteiger partial charge in [-0.15, -0.1) is 11.8 Å². The van der Waals surface area contributed by atoms with Crippen molar-refractivity contribution in [2.45, 2.75) is 4.90 Å². The van der Waals surface area contributed by atoms with Gasteiger partial charge in [-0.05, 0) is 42.7 Å². The first kappa shape index (κ1) is 11.7. The predicted molar refractivity (Wildman–Crippen MR) is 72.6 cm³/mol. The Balaban J connectivity index is 2.08. The van der Waals surface area contributed by atoms with E-state index in [1.54, 1.807) is 23.9 Å². The summed E-state index contributed by atoms with van der Waals surface area (Å²) in [4.78, 5) is 13.0. The van der Waals surface area contributed by atoms with Crippen LogP contribution in [0.4, 0.5) is 5.69 Å². The minimum atomic E-state index is -0.0810. The molecule has 0 heterocycles. The van der Waals surface area contributed by atoms with Crippen molar-refractivity contribution in [2.24, 2.45) is 0 Å². The van der Waals surface area contributed by atoms with E-state index in [1.807, 2.05) is 48.7 Å². The van der Waals surface area contributed by atoms with Crippen LogP contribution < -0.4 is 5.32 Å². The summed E-state index contributed by atoms with van der Waals surface area (Å²) in [5.74, 6) is -0.0810. The summed E-state index contributed by atoms with van der Waals surface area (Å²) in [7, 11) is 0. The van der Waals surface area contributed by atoms with Crippen LogP contribution in [0.3, 0.4) is 0 Å². The molecule has 17 heavy (non-hydrogen) atoms. The highest BCUT2D eigenvalue weighted by atomic mass is 32.2. The zero-order chi connectivity index (χ0) is 12.1. The van der Waals surface area contributed by atoms with Gasteiger partial charge in [0.05, 0.1) is 0 Å². The van der Waals surface area contributed by atoms with Crippen LogP contribution >= 0.6 is 11.8 Å². The van der Waals surface area contributed by atoms with Gasteiger partial charge in [-0.2, -0.15) is 0 Å². The summed E-state index contributed by atoms with van der Waals surface area (Å²) in [6, 6.07) is 17.0. The number of nitrogens with one attached hydrogen (secondary N) is 1. The standard InChI is InChI=1S/C14H13NOS/c1-17-13-9-7-12(8-10-13)15-14(16)11-5-3-2-4-6-11/h2-10H,1H3,(H,15,16). The topological polar surface area (TPSA) is 29.1 Å².